The SMILES string of the molecule is CCC(C)(C)OO.[K]. The minimum atomic E-state index is -0.361. The predicted octanol–water partition coefficient (Wildman–Crippen LogP) is 1.28. The molecule has 0 saturated heterocycles. The normalized spacial score (nSPS) is 10.5. The van der Waals surface area contributed by atoms with Crippen LogP contribution in [-0.4, -0.2) is 62.2 Å². The van der Waals surface area contributed by atoms with Crippen LogP contribution in [0.4, 0.5) is 0 Å². The molecule has 1 radical (unpaired) electrons. The monoisotopic (exact) mass is 143 g/mol. The summed E-state index contributed by atoms with van der Waals surface area (Å²) >= 11 is 0. The van der Waals surface area contributed by atoms with Crippen LogP contribution in [0, 0.1) is 0 Å². The first-order valence-electron chi connectivity index (χ1n) is 2.45. The Kier molecular flexibility index (Phi) is 8.19. The van der Waals surface area contributed by atoms with E-state index < -0.39 is 0 Å². The minimum Gasteiger partial charge on any atom is -0.251 e. The fraction of sp³-hybridized carbons (Fsp3) is 1.00. The molecule has 0 spiro atoms. The van der Waals surface area contributed by atoms with E-state index in [0.29, 0.717) is 0 Å². The summed E-state index contributed by atoms with van der Waals surface area (Å²) in [6.45, 7) is 5.61. The summed E-state index contributed by atoms with van der Waals surface area (Å²) in [6, 6.07) is 0. The quantitative estimate of drug-likeness (QED) is 0.358. The molecule has 2 nitrogen and oxygen atoms in total. The Morgan fingerprint density at radius 3 is 1.88 bits per heavy atom. The second-order valence-corrected chi connectivity index (χ2v) is 2.20. The maximum Gasteiger partial charge on any atom is 0.0974 e. The van der Waals surface area contributed by atoms with Crippen molar-refractivity contribution in [3.8, 4) is 0 Å². The van der Waals surface area contributed by atoms with Gasteiger partial charge in [0.05, 0.1) is 5.60 Å². The molecule has 0 bridgehead atoms. The van der Waals surface area contributed by atoms with Crippen molar-refractivity contribution in [2.75, 3.05) is 0 Å². The maximum absolute atomic E-state index is 8.09. The molecule has 0 aromatic carbocycles. The Bertz CT molecular complexity index is 48.4. The molecule has 0 amide bonds. The van der Waals surface area contributed by atoms with Crippen molar-refractivity contribution in [2.45, 2.75) is 32.8 Å². The average molecular weight is 143 g/mol. The summed E-state index contributed by atoms with van der Waals surface area (Å²) in [5.41, 5.74) is -0.361. The summed E-state index contributed by atoms with van der Waals surface area (Å²) in [6.07, 6.45) is 0.823. The van der Waals surface area contributed by atoms with E-state index in [2.05, 4.69) is 4.89 Å². The van der Waals surface area contributed by atoms with Crippen molar-refractivity contribution >= 4 is 51.4 Å². The van der Waals surface area contributed by atoms with Crippen LogP contribution in [0.15, 0.2) is 0 Å². The van der Waals surface area contributed by atoms with Gasteiger partial charge in [0.2, 0.25) is 0 Å². The third-order valence-corrected chi connectivity index (χ3v) is 1.10. The zero-order chi connectivity index (χ0) is 5.91. The van der Waals surface area contributed by atoms with Crippen LogP contribution >= 0.6 is 0 Å². The summed E-state index contributed by atoms with van der Waals surface area (Å²) < 4.78 is 0. The Labute approximate surface area is 93.0 Å². The smallest absolute Gasteiger partial charge is 0.0974 e. The second kappa shape index (κ2) is 5.35. The van der Waals surface area contributed by atoms with E-state index in [1.807, 2.05) is 20.8 Å². The molecule has 0 rings (SSSR count). The molecule has 0 fully saturated rings. The van der Waals surface area contributed by atoms with Gasteiger partial charge in [-0.3, -0.25) is 5.26 Å². The molecule has 0 aliphatic heterocycles. The standard InChI is InChI=1S/C5H12O2.K/c1-4-5(2,3)7-6;/h6H,4H2,1-3H3;. The predicted molar refractivity (Wildman–Crippen MR) is 33.8 cm³/mol. The number of hydrogen-bond donors (Lipinski definition) is 1. The van der Waals surface area contributed by atoms with Gasteiger partial charge in [0, 0.05) is 51.4 Å². The summed E-state index contributed by atoms with van der Waals surface area (Å²) in [4.78, 5) is 4.09. The topological polar surface area (TPSA) is 29.5 Å². The van der Waals surface area contributed by atoms with Crippen molar-refractivity contribution in [2.24, 2.45) is 0 Å². The first kappa shape index (κ1) is 12.3. The minimum absolute atomic E-state index is 0. The van der Waals surface area contributed by atoms with Gasteiger partial charge in [-0.25, -0.2) is 4.89 Å². The van der Waals surface area contributed by atoms with Crippen molar-refractivity contribution in [1.29, 1.82) is 0 Å². The fourth-order valence-electron chi connectivity index (χ4n) is 0.0645. The fourth-order valence-corrected chi connectivity index (χ4v) is 0.0645. The van der Waals surface area contributed by atoms with Gasteiger partial charge in [-0.05, 0) is 20.3 Å². The van der Waals surface area contributed by atoms with Gasteiger partial charge in [-0.1, -0.05) is 6.92 Å². The Balaban J connectivity index is 0. The third kappa shape index (κ3) is 5.69. The van der Waals surface area contributed by atoms with Crippen LogP contribution in [0.1, 0.15) is 27.2 Å². The molecule has 0 aliphatic rings. The Morgan fingerprint density at radius 2 is 1.88 bits per heavy atom. The molecule has 0 atom stereocenters. The van der Waals surface area contributed by atoms with E-state index in [0.717, 1.165) is 6.42 Å². The summed E-state index contributed by atoms with van der Waals surface area (Å²) in [5.74, 6) is 0. The molecular weight excluding hydrogens is 131 g/mol. The average Bonchev–Trinajstić information content (AvgIpc) is 1.68. The Morgan fingerprint density at radius 1 is 1.50 bits per heavy atom. The van der Waals surface area contributed by atoms with Crippen molar-refractivity contribution in [1.82, 2.24) is 0 Å². The summed E-state index contributed by atoms with van der Waals surface area (Å²) in [7, 11) is 0. The van der Waals surface area contributed by atoms with Gasteiger partial charge >= 0.3 is 0 Å². The molecule has 0 heterocycles. The van der Waals surface area contributed by atoms with Gasteiger partial charge in [0.25, 0.3) is 0 Å². The van der Waals surface area contributed by atoms with E-state index in [1.54, 1.807) is 0 Å². The molecule has 3 heteroatoms. The van der Waals surface area contributed by atoms with E-state index in [1.165, 1.54) is 0 Å². The van der Waals surface area contributed by atoms with E-state index in [4.69, 9.17) is 5.26 Å². The van der Waals surface area contributed by atoms with Gasteiger partial charge in [0.15, 0.2) is 0 Å². The largest absolute Gasteiger partial charge is 0.251 e. The van der Waals surface area contributed by atoms with Crippen LogP contribution in [0.5, 0.6) is 0 Å². The van der Waals surface area contributed by atoms with Crippen molar-refractivity contribution in [3.63, 3.8) is 0 Å². The van der Waals surface area contributed by atoms with Crippen LogP contribution in [-0.2, 0) is 4.89 Å². The Hall–Kier alpha value is 1.56. The third-order valence-electron chi connectivity index (χ3n) is 1.10. The van der Waals surface area contributed by atoms with Crippen LogP contribution in [0.3, 0.4) is 0 Å². The van der Waals surface area contributed by atoms with E-state index in [9.17, 15) is 0 Å². The molecule has 0 aromatic rings. The van der Waals surface area contributed by atoms with Crippen LogP contribution in [0.2, 0.25) is 0 Å². The molecule has 1 N–H and O–H groups in total. The zero-order valence-electron chi connectivity index (χ0n) is 6.06. The molecule has 45 valence electrons. The molecule has 0 saturated carbocycles. The number of hydrogen-bond acceptors (Lipinski definition) is 2. The molecule has 0 unspecified atom stereocenters. The molecule has 0 aliphatic carbocycles. The molecule has 8 heavy (non-hydrogen) atoms. The van der Waals surface area contributed by atoms with Gasteiger partial charge in [0.1, 0.15) is 0 Å². The first-order chi connectivity index (χ1) is 3.12. The maximum atomic E-state index is 8.09. The van der Waals surface area contributed by atoms with Crippen LogP contribution in [0.25, 0.3) is 0 Å². The molecule has 0 aromatic heterocycles. The van der Waals surface area contributed by atoms with E-state index >= 15 is 0 Å². The van der Waals surface area contributed by atoms with Gasteiger partial charge < -0.3 is 0 Å². The van der Waals surface area contributed by atoms with Gasteiger partial charge in [-0.2, -0.15) is 0 Å². The summed E-state index contributed by atoms with van der Waals surface area (Å²) in [5, 5.41) is 8.09. The number of rotatable bonds is 2. The second-order valence-electron chi connectivity index (χ2n) is 2.20. The van der Waals surface area contributed by atoms with Gasteiger partial charge in [-0.15, -0.1) is 0 Å². The first-order valence-corrected chi connectivity index (χ1v) is 2.45. The van der Waals surface area contributed by atoms with Crippen molar-refractivity contribution in [3.05, 3.63) is 0 Å². The molecular formula is C5H12KO2. The van der Waals surface area contributed by atoms with Crippen molar-refractivity contribution < 1.29 is 10.1 Å². The van der Waals surface area contributed by atoms with Crippen LogP contribution < -0.4 is 0 Å². The van der Waals surface area contributed by atoms with E-state index in [-0.39, 0.29) is 57.0 Å². The zero-order valence-corrected chi connectivity index (χ0v) is 9.19.